The number of nitro benzene ring substituents is 1. The van der Waals surface area contributed by atoms with E-state index in [9.17, 15) is 18.5 Å². The molecular weight excluding hydrogens is 284 g/mol. The van der Waals surface area contributed by atoms with E-state index in [1.165, 1.54) is 22.5 Å². The molecule has 20 heavy (non-hydrogen) atoms. The minimum atomic E-state index is -3.90. The molecule has 0 aliphatic carbocycles. The van der Waals surface area contributed by atoms with E-state index in [1.807, 2.05) is 11.9 Å². The van der Waals surface area contributed by atoms with Gasteiger partial charge in [-0.1, -0.05) is 6.07 Å². The number of nitrogen functional groups attached to an aromatic ring is 1. The second kappa shape index (κ2) is 5.35. The monoisotopic (exact) mass is 300 g/mol. The van der Waals surface area contributed by atoms with E-state index in [0.717, 1.165) is 0 Å². The van der Waals surface area contributed by atoms with Gasteiger partial charge in [-0.2, -0.15) is 4.31 Å². The highest BCUT2D eigenvalue weighted by Crippen LogP contribution is 2.32. The van der Waals surface area contributed by atoms with Crippen molar-refractivity contribution < 1.29 is 13.3 Å². The fraction of sp³-hybridized carbons (Fsp3) is 0.455. The van der Waals surface area contributed by atoms with Crippen molar-refractivity contribution in [2.45, 2.75) is 4.90 Å². The summed E-state index contributed by atoms with van der Waals surface area (Å²) in [5.41, 5.74) is 4.84. The van der Waals surface area contributed by atoms with Crippen LogP contribution in [0.2, 0.25) is 0 Å². The summed E-state index contributed by atoms with van der Waals surface area (Å²) in [7, 11) is -2.00. The van der Waals surface area contributed by atoms with Crippen molar-refractivity contribution in [1.82, 2.24) is 9.21 Å². The highest BCUT2D eigenvalue weighted by Gasteiger charge is 2.34. The zero-order chi connectivity index (χ0) is 14.9. The molecule has 0 aromatic heterocycles. The molecule has 0 unspecified atom stereocenters. The summed E-state index contributed by atoms with van der Waals surface area (Å²) in [6, 6.07) is 3.95. The maximum Gasteiger partial charge on any atom is 0.312 e. The molecule has 1 aromatic carbocycles. The number of nitro groups is 1. The molecule has 0 atom stereocenters. The molecule has 0 spiro atoms. The van der Waals surface area contributed by atoms with Gasteiger partial charge in [-0.15, -0.1) is 0 Å². The first-order valence-electron chi connectivity index (χ1n) is 6.05. The van der Waals surface area contributed by atoms with Crippen molar-refractivity contribution in [1.29, 1.82) is 0 Å². The second-order valence-electron chi connectivity index (χ2n) is 4.66. The summed E-state index contributed by atoms with van der Waals surface area (Å²) < 4.78 is 26.3. The van der Waals surface area contributed by atoms with Gasteiger partial charge in [0.2, 0.25) is 10.0 Å². The van der Waals surface area contributed by atoms with Crippen LogP contribution in [-0.2, 0) is 10.0 Å². The zero-order valence-electron chi connectivity index (χ0n) is 11.0. The Kier molecular flexibility index (Phi) is 3.93. The van der Waals surface area contributed by atoms with Crippen LogP contribution in [0.5, 0.6) is 0 Å². The van der Waals surface area contributed by atoms with Gasteiger partial charge in [-0.05, 0) is 19.2 Å². The Morgan fingerprint density at radius 2 is 1.85 bits per heavy atom. The Morgan fingerprint density at radius 1 is 1.25 bits per heavy atom. The van der Waals surface area contributed by atoms with Crippen molar-refractivity contribution in [2.24, 2.45) is 0 Å². The molecule has 1 aliphatic rings. The molecule has 110 valence electrons. The van der Waals surface area contributed by atoms with Crippen LogP contribution in [0.4, 0.5) is 11.4 Å². The average molecular weight is 300 g/mol. The number of anilines is 1. The molecule has 1 aliphatic heterocycles. The molecule has 0 amide bonds. The van der Waals surface area contributed by atoms with E-state index >= 15 is 0 Å². The van der Waals surface area contributed by atoms with Gasteiger partial charge >= 0.3 is 5.69 Å². The van der Waals surface area contributed by atoms with Gasteiger partial charge in [-0.3, -0.25) is 10.1 Å². The van der Waals surface area contributed by atoms with E-state index in [0.29, 0.717) is 26.2 Å². The van der Waals surface area contributed by atoms with Gasteiger partial charge in [0.05, 0.1) is 4.92 Å². The predicted octanol–water partition coefficient (Wildman–Crippen LogP) is 0.113. The zero-order valence-corrected chi connectivity index (χ0v) is 11.8. The molecule has 2 rings (SSSR count). The normalized spacial score (nSPS) is 18.1. The van der Waals surface area contributed by atoms with Crippen LogP contribution in [0.3, 0.4) is 0 Å². The Bertz CT molecular complexity index is 623. The Balaban J connectivity index is 2.45. The SMILES string of the molecule is CN1CCN(S(=O)(=O)c2cccc(N)c2[N+](=O)[O-])CC1. The van der Waals surface area contributed by atoms with Crippen molar-refractivity contribution in [2.75, 3.05) is 39.0 Å². The molecule has 0 bridgehead atoms. The van der Waals surface area contributed by atoms with Gasteiger partial charge < -0.3 is 10.6 Å². The third kappa shape index (κ3) is 2.60. The average Bonchev–Trinajstić information content (AvgIpc) is 2.38. The number of nitrogens with zero attached hydrogens (tertiary/aromatic N) is 3. The van der Waals surface area contributed by atoms with Gasteiger partial charge in [0.1, 0.15) is 5.69 Å². The molecule has 1 heterocycles. The predicted molar refractivity (Wildman–Crippen MR) is 73.8 cm³/mol. The quantitative estimate of drug-likeness (QED) is 0.482. The Morgan fingerprint density at radius 3 is 2.40 bits per heavy atom. The first-order valence-corrected chi connectivity index (χ1v) is 7.49. The maximum absolute atomic E-state index is 12.5. The summed E-state index contributed by atoms with van der Waals surface area (Å²) in [4.78, 5) is 12.0. The van der Waals surface area contributed by atoms with Gasteiger partial charge in [0.25, 0.3) is 0 Å². The van der Waals surface area contributed by atoms with Crippen LogP contribution >= 0.6 is 0 Å². The first-order chi connectivity index (χ1) is 9.34. The lowest BCUT2D eigenvalue weighted by Gasteiger charge is -2.31. The summed E-state index contributed by atoms with van der Waals surface area (Å²) in [6.07, 6.45) is 0. The minimum Gasteiger partial charge on any atom is -0.393 e. The van der Waals surface area contributed by atoms with Crippen molar-refractivity contribution in [3.63, 3.8) is 0 Å². The van der Waals surface area contributed by atoms with E-state index in [4.69, 9.17) is 5.73 Å². The minimum absolute atomic E-state index is 0.148. The molecule has 9 heteroatoms. The maximum atomic E-state index is 12.5. The first kappa shape index (κ1) is 14.7. The smallest absolute Gasteiger partial charge is 0.312 e. The van der Waals surface area contributed by atoms with Gasteiger partial charge in [0, 0.05) is 26.2 Å². The van der Waals surface area contributed by atoms with Crippen molar-refractivity contribution in [3.8, 4) is 0 Å². The Labute approximate surface area is 117 Å². The molecule has 0 radical (unpaired) electrons. The van der Waals surface area contributed by atoms with Crippen LogP contribution in [0.1, 0.15) is 0 Å². The second-order valence-corrected chi connectivity index (χ2v) is 6.56. The molecular formula is C11H16N4O4S. The number of hydrogen-bond donors (Lipinski definition) is 1. The van der Waals surface area contributed by atoms with E-state index < -0.39 is 20.6 Å². The van der Waals surface area contributed by atoms with Gasteiger partial charge in [0.15, 0.2) is 4.90 Å². The summed E-state index contributed by atoms with van der Waals surface area (Å²) in [5, 5.41) is 11.1. The van der Waals surface area contributed by atoms with Crippen LogP contribution in [0, 0.1) is 10.1 Å². The molecule has 1 saturated heterocycles. The van der Waals surface area contributed by atoms with Crippen molar-refractivity contribution in [3.05, 3.63) is 28.3 Å². The van der Waals surface area contributed by atoms with Gasteiger partial charge in [-0.25, -0.2) is 8.42 Å². The number of sulfonamides is 1. The topological polar surface area (TPSA) is 110 Å². The third-order valence-corrected chi connectivity index (χ3v) is 5.22. The number of para-hydroxylation sites is 1. The largest absolute Gasteiger partial charge is 0.393 e. The van der Waals surface area contributed by atoms with Crippen LogP contribution in [0.15, 0.2) is 23.1 Å². The third-order valence-electron chi connectivity index (χ3n) is 3.29. The van der Waals surface area contributed by atoms with E-state index in [2.05, 4.69) is 0 Å². The molecule has 2 N–H and O–H groups in total. The lowest BCUT2D eigenvalue weighted by Crippen LogP contribution is -2.47. The standard InChI is InChI=1S/C11H16N4O4S/c1-13-5-7-14(8-6-13)20(18,19)10-4-2-3-9(12)11(10)15(16)17/h2-4H,5-8,12H2,1H3. The summed E-state index contributed by atoms with van der Waals surface area (Å²) in [5.74, 6) is 0. The number of benzene rings is 1. The molecule has 0 saturated carbocycles. The van der Waals surface area contributed by atoms with E-state index in [1.54, 1.807) is 0 Å². The molecule has 1 fully saturated rings. The summed E-state index contributed by atoms with van der Waals surface area (Å²) >= 11 is 0. The fourth-order valence-electron chi connectivity index (χ4n) is 2.11. The highest BCUT2D eigenvalue weighted by molar-refractivity contribution is 7.89. The molecule has 1 aromatic rings. The molecule has 8 nitrogen and oxygen atoms in total. The Hall–Kier alpha value is -1.71. The lowest BCUT2D eigenvalue weighted by atomic mass is 10.3. The van der Waals surface area contributed by atoms with Crippen LogP contribution in [-0.4, -0.2) is 55.8 Å². The summed E-state index contributed by atoms with van der Waals surface area (Å²) in [6.45, 7) is 1.81. The van der Waals surface area contributed by atoms with E-state index in [-0.39, 0.29) is 10.6 Å². The lowest BCUT2D eigenvalue weighted by molar-refractivity contribution is -0.386. The van der Waals surface area contributed by atoms with Crippen LogP contribution < -0.4 is 5.73 Å². The number of piperazine rings is 1. The number of likely N-dealkylation sites (N-methyl/N-ethyl adjacent to an activating group) is 1. The number of nitrogens with two attached hydrogens (primary N) is 1. The van der Waals surface area contributed by atoms with Crippen LogP contribution in [0.25, 0.3) is 0 Å². The van der Waals surface area contributed by atoms with Crippen molar-refractivity contribution >= 4 is 21.4 Å². The number of rotatable bonds is 3. The fourth-order valence-corrected chi connectivity index (χ4v) is 3.72. The number of hydrogen-bond acceptors (Lipinski definition) is 6. The highest BCUT2D eigenvalue weighted by atomic mass is 32.2.